The van der Waals surface area contributed by atoms with Crippen LogP contribution in [0.1, 0.15) is 11.1 Å². The Bertz CT molecular complexity index is 779. The van der Waals surface area contributed by atoms with Crippen LogP contribution in [0, 0.1) is 6.92 Å². The molecule has 0 bridgehead atoms. The number of nitrogens with two attached hydrogens (primary N) is 1. The van der Waals surface area contributed by atoms with Gasteiger partial charge in [-0.2, -0.15) is 0 Å². The molecule has 2 rings (SSSR count). The second-order valence-corrected chi connectivity index (χ2v) is 7.40. The van der Waals surface area contributed by atoms with Gasteiger partial charge >= 0.3 is 0 Å². The summed E-state index contributed by atoms with van der Waals surface area (Å²) in [6.45, 7) is 2.03. The Kier molecular flexibility index (Phi) is 4.93. The van der Waals surface area contributed by atoms with Crippen LogP contribution in [0.5, 0.6) is 0 Å². The maximum Gasteiger partial charge on any atom is 0.263 e. The number of rotatable bonds is 4. The Balaban J connectivity index is 2.46. The van der Waals surface area contributed by atoms with E-state index in [4.69, 9.17) is 17.3 Å². The van der Waals surface area contributed by atoms with E-state index in [2.05, 4.69) is 20.7 Å². The van der Waals surface area contributed by atoms with Crippen molar-refractivity contribution in [1.29, 1.82) is 0 Å². The summed E-state index contributed by atoms with van der Waals surface area (Å²) in [5.41, 5.74) is 7.42. The molecule has 3 N–H and O–H groups in total. The van der Waals surface area contributed by atoms with Crippen LogP contribution in [0.15, 0.2) is 45.8 Å². The monoisotopic (exact) mass is 388 g/mol. The molecule has 0 atom stereocenters. The standard InChI is InChI=1S/C14H14BrClN2O2S/c1-9-12(16)3-2-4-13(9)18-21(19,20)14-7-10(8-17)5-6-11(14)15/h2-7,18H,8,17H2,1H3. The van der Waals surface area contributed by atoms with E-state index in [1.807, 2.05) is 0 Å². The molecular weight excluding hydrogens is 376 g/mol. The van der Waals surface area contributed by atoms with Crippen LogP contribution < -0.4 is 10.5 Å². The van der Waals surface area contributed by atoms with Gasteiger partial charge in [-0.05, 0) is 58.2 Å². The number of anilines is 1. The van der Waals surface area contributed by atoms with Gasteiger partial charge in [0, 0.05) is 16.0 Å². The van der Waals surface area contributed by atoms with Crippen LogP contribution >= 0.6 is 27.5 Å². The van der Waals surface area contributed by atoms with Crippen LogP contribution in [0.3, 0.4) is 0 Å². The zero-order valence-electron chi connectivity index (χ0n) is 11.2. The molecule has 112 valence electrons. The molecule has 0 amide bonds. The van der Waals surface area contributed by atoms with E-state index in [-0.39, 0.29) is 11.4 Å². The fraction of sp³-hybridized carbons (Fsp3) is 0.143. The fourth-order valence-corrected chi connectivity index (χ4v) is 4.11. The summed E-state index contributed by atoms with van der Waals surface area (Å²) >= 11 is 9.26. The molecule has 0 spiro atoms. The maximum atomic E-state index is 12.5. The second-order valence-electron chi connectivity index (χ2n) is 4.49. The molecule has 0 aromatic heterocycles. The molecule has 21 heavy (non-hydrogen) atoms. The smallest absolute Gasteiger partial charge is 0.263 e. The van der Waals surface area contributed by atoms with Gasteiger partial charge in [0.25, 0.3) is 10.0 Å². The van der Waals surface area contributed by atoms with Gasteiger partial charge in [-0.15, -0.1) is 0 Å². The third-order valence-corrected chi connectivity index (χ3v) is 5.80. The third kappa shape index (κ3) is 3.58. The van der Waals surface area contributed by atoms with Crippen molar-refractivity contribution in [2.45, 2.75) is 18.4 Å². The molecule has 2 aromatic carbocycles. The molecule has 0 aliphatic heterocycles. The number of hydrogen-bond acceptors (Lipinski definition) is 3. The minimum Gasteiger partial charge on any atom is -0.326 e. The van der Waals surface area contributed by atoms with Gasteiger partial charge in [0.15, 0.2) is 0 Å². The van der Waals surface area contributed by atoms with E-state index in [9.17, 15) is 8.42 Å². The predicted octanol–water partition coefficient (Wildman–Crippen LogP) is 3.67. The van der Waals surface area contributed by atoms with Crippen molar-refractivity contribution in [2.24, 2.45) is 5.73 Å². The van der Waals surface area contributed by atoms with E-state index >= 15 is 0 Å². The van der Waals surface area contributed by atoms with Crippen LogP contribution in [0.25, 0.3) is 0 Å². The lowest BCUT2D eigenvalue weighted by Crippen LogP contribution is -2.15. The van der Waals surface area contributed by atoms with Gasteiger partial charge in [0.05, 0.1) is 5.69 Å². The summed E-state index contributed by atoms with van der Waals surface area (Å²) in [5.74, 6) is 0. The van der Waals surface area contributed by atoms with E-state index in [1.165, 1.54) is 0 Å². The zero-order chi connectivity index (χ0) is 15.6. The molecule has 0 fully saturated rings. The first kappa shape index (κ1) is 16.3. The molecule has 0 aliphatic carbocycles. The quantitative estimate of drug-likeness (QED) is 0.838. The number of sulfonamides is 1. The number of benzene rings is 2. The number of hydrogen-bond donors (Lipinski definition) is 2. The van der Waals surface area contributed by atoms with Crippen molar-refractivity contribution in [3.05, 3.63) is 57.0 Å². The van der Waals surface area contributed by atoms with Crippen molar-refractivity contribution in [1.82, 2.24) is 0 Å². The second kappa shape index (κ2) is 6.36. The largest absolute Gasteiger partial charge is 0.326 e. The molecule has 2 aromatic rings. The molecule has 0 aliphatic rings. The SMILES string of the molecule is Cc1c(Cl)cccc1NS(=O)(=O)c1cc(CN)ccc1Br. The van der Waals surface area contributed by atoms with Gasteiger partial charge in [-0.1, -0.05) is 23.7 Å². The van der Waals surface area contributed by atoms with Gasteiger partial charge in [-0.25, -0.2) is 8.42 Å². The first-order chi connectivity index (χ1) is 9.85. The fourth-order valence-electron chi connectivity index (χ4n) is 1.80. The number of nitrogens with one attached hydrogen (secondary N) is 1. The Morgan fingerprint density at radius 3 is 2.67 bits per heavy atom. The minimum atomic E-state index is -3.73. The van der Waals surface area contributed by atoms with Crippen molar-refractivity contribution in [3.63, 3.8) is 0 Å². The highest BCUT2D eigenvalue weighted by molar-refractivity contribution is 9.10. The average Bonchev–Trinajstić information content (AvgIpc) is 2.44. The summed E-state index contributed by atoms with van der Waals surface area (Å²) in [5, 5.41) is 0.505. The first-order valence-electron chi connectivity index (χ1n) is 6.11. The van der Waals surface area contributed by atoms with Crippen LogP contribution in [0.4, 0.5) is 5.69 Å². The summed E-state index contributed by atoms with van der Waals surface area (Å²) < 4.78 is 28.1. The van der Waals surface area contributed by atoms with Crippen LogP contribution in [0.2, 0.25) is 5.02 Å². The van der Waals surface area contributed by atoms with Crippen molar-refractivity contribution < 1.29 is 8.42 Å². The third-order valence-electron chi connectivity index (χ3n) is 3.03. The van der Waals surface area contributed by atoms with E-state index < -0.39 is 10.0 Å². The molecule has 0 unspecified atom stereocenters. The lowest BCUT2D eigenvalue weighted by atomic mass is 10.2. The van der Waals surface area contributed by atoms with Crippen LogP contribution in [-0.4, -0.2) is 8.42 Å². The van der Waals surface area contributed by atoms with Crippen molar-refractivity contribution in [2.75, 3.05) is 4.72 Å². The summed E-state index contributed by atoms with van der Waals surface area (Å²) in [6.07, 6.45) is 0. The summed E-state index contributed by atoms with van der Waals surface area (Å²) in [6, 6.07) is 10.1. The Hall–Kier alpha value is -1.08. The zero-order valence-corrected chi connectivity index (χ0v) is 14.4. The highest BCUT2D eigenvalue weighted by atomic mass is 79.9. The predicted molar refractivity (Wildman–Crippen MR) is 89.0 cm³/mol. The lowest BCUT2D eigenvalue weighted by Gasteiger charge is -2.13. The molecule has 4 nitrogen and oxygen atoms in total. The van der Waals surface area contributed by atoms with Crippen LogP contribution in [-0.2, 0) is 16.6 Å². The summed E-state index contributed by atoms with van der Waals surface area (Å²) in [7, 11) is -3.73. The minimum absolute atomic E-state index is 0.143. The first-order valence-corrected chi connectivity index (χ1v) is 8.77. The molecule has 0 saturated heterocycles. The highest BCUT2D eigenvalue weighted by Crippen LogP contribution is 2.28. The van der Waals surface area contributed by atoms with E-state index in [0.717, 1.165) is 5.56 Å². The lowest BCUT2D eigenvalue weighted by molar-refractivity contribution is 0.600. The number of halogens is 2. The Morgan fingerprint density at radius 2 is 2.00 bits per heavy atom. The van der Waals surface area contributed by atoms with Gasteiger partial charge in [-0.3, -0.25) is 4.72 Å². The maximum absolute atomic E-state index is 12.5. The Labute approximate surface area is 137 Å². The average molecular weight is 390 g/mol. The van der Waals surface area contributed by atoms with E-state index in [1.54, 1.807) is 43.3 Å². The van der Waals surface area contributed by atoms with Gasteiger partial charge < -0.3 is 5.73 Å². The molecule has 7 heteroatoms. The van der Waals surface area contributed by atoms with Crippen molar-refractivity contribution >= 4 is 43.2 Å². The summed E-state index contributed by atoms with van der Waals surface area (Å²) in [4.78, 5) is 0.143. The molecule has 0 saturated carbocycles. The van der Waals surface area contributed by atoms with E-state index in [0.29, 0.717) is 20.7 Å². The Morgan fingerprint density at radius 1 is 1.29 bits per heavy atom. The van der Waals surface area contributed by atoms with Crippen molar-refractivity contribution in [3.8, 4) is 0 Å². The normalized spacial score (nSPS) is 11.4. The molecular formula is C14H14BrClN2O2S. The van der Waals surface area contributed by atoms with Gasteiger partial charge in [0.1, 0.15) is 4.90 Å². The van der Waals surface area contributed by atoms with Gasteiger partial charge in [0.2, 0.25) is 0 Å². The molecule has 0 heterocycles. The topological polar surface area (TPSA) is 72.2 Å². The highest BCUT2D eigenvalue weighted by Gasteiger charge is 2.19. The molecule has 0 radical (unpaired) electrons.